The van der Waals surface area contributed by atoms with E-state index in [0.29, 0.717) is 6.04 Å². The van der Waals surface area contributed by atoms with Crippen molar-refractivity contribution in [3.8, 4) is 0 Å². The monoisotopic (exact) mass is 231 g/mol. The summed E-state index contributed by atoms with van der Waals surface area (Å²) in [6.45, 7) is 12.5. The van der Waals surface area contributed by atoms with Crippen LogP contribution in [0.4, 0.5) is 0 Å². The Balaban J connectivity index is 4.02. The Kier molecular flexibility index (Phi) is 7.20. The lowest BCUT2D eigenvalue weighted by Gasteiger charge is -2.31. The van der Waals surface area contributed by atoms with Crippen molar-refractivity contribution in [2.75, 3.05) is 19.7 Å². The molecule has 0 rings (SSSR count). The number of nitrogens with zero attached hydrogens (tertiary/aromatic N) is 1. The van der Waals surface area contributed by atoms with Crippen molar-refractivity contribution in [3.05, 3.63) is 0 Å². The fraction of sp³-hybridized carbons (Fsp3) is 1.00. The third-order valence-electron chi connectivity index (χ3n) is 3.02. The van der Waals surface area contributed by atoms with Crippen molar-refractivity contribution in [2.24, 2.45) is 5.41 Å². The number of rotatable bonds is 7. The second-order valence-corrected chi connectivity index (χ2v) is 5.88. The van der Waals surface area contributed by atoms with Crippen LogP contribution < -0.4 is 0 Å². The zero-order valence-corrected chi connectivity index (χ0v) is 11.5. The van der Waals surface area contributed by atoms with Crippen LogP contribution in [0.25, 0.3) is 0 Å². The highest BCUT2D eigenvalue weighted by molar-refractivity contribution is 4.75. The molecule has 3 nitrogen and oxygen atoms in total. The van der Waals surface area contributed by atoms with Gasteiger partial charge in [-0.15, -0.1) is 0 Å². The highest BCUT2D eigenvalue weighted by atomic mass is 16.3. The van der Waals surface area contributed by atoms with E-state index < -0.39 is 0 Å². The van der Waals surface area contributed by atoms with Crippen molar-refractivity contribution < 1.29 is 10.2 Å². The molecule has 0 aromatic heterocycles. The largest absolute Gasteiger partial charge is 0.396 e. The van der Waals surface area contributed by atoms with Gasteiger partial charge in [0.05, 0.1) is 6.10 Å². The topological polar surface area (TPSA) is 43.7 Å². The first kappa shape index (κ1) is 15.9. The molecule has 0 aliphatic heterocycles. The molecule has 0 aromatic rings. The minimum atomic E-state index is -0.261. The van der Waals surface area contributed by atoms with Crippen LogP contribution in [0.15, 0.2) is 0 Å². The molecule has 0 saturated heterocycles. The first-order valence-corrected chi connectivity index (χ1v) is 6.32. The average Bonchev–Trinajstić information content (AvgIpc) is 2.15. The predicted molar refractivity (Wildman–Crippen MR) is 68.5 cm³/mol. The number of aliphatic hydroxyl groups excluding tert-OH is 2. The highest BCUT2D eigenvalue weighted by Crippen LogP contribution is 2.22. The van der Waals surface area contributed by atoms with E-state index in [-0.39, 0.29) is 18.1 Å². The Morgan fingerprint density at radius 3 is 2.06 bits per heavy atom. The van der Waals surface area contributed by atoms with Gasteiger partial charge in [-0.25, -0.2) is 0 Å². The van der Waals surface area contributed by atoms with Crippen LogP contribution >= 0.6 is 0 Å². The average molecular weight is 231 g/mol. The maximum absolute atomic E-state index is 9.97. The summed E-state index contributed by atoms with van der Waals surface area (Å²) >= 11 is 0. The summed E-state index contributed by atoms with van der Waals surface area (Å²) in [4.78, 5) is 2.31. The van der Waals surface area contributed by atoms with Crippen LogP contribution in [0, 0.1) is 5.41 Å². The van der Waals surface area contributed by atoms with Crippen LogP contribution in [0.3, 0.4) is 0 Å². The van der Waals surface area contributed by atoms with Gasteiger partial charge in [-0.05, 0) is 32.1 Å². The third-order valence-corrected chi connectivity index (χ3v) is 3.02. The number of hydrogen-bond acceptors (Lipinski definition) is 3. The molecule has 0 amide bonds. The number of aliphatic hydroxyl groups is 2. The van der Waals surface area contributed by atoms with Crippen molar-refractivity contribution >= 4 is 0 Å². The Bertz CT molecular complexity index is 175. The lowest BCUT2D eigenvalue weighted by atomic mass is 9.87. The van der Waals surface area contributed by atoms with Crippen LogP contribution in [0.1, 0.15) is 47.5 Å². The maximum Gasteiger partial charge on any atom is 0.0600 e. The fourth-order valence-electron chi connectivity index (χ4n) is 1.62. The van der Waals surface area contributed by atoms with Crippen LogP contribution in [0.5, 0.6) is 0 Å². The Labute approximate surface area is 100 Å². The van der Waals surface area contributed by atoms with Crippen LogP contribution in [-0.2, 0) is 0 Å². The molecule has 1 unspecified atom stereocenters. The van der Waals surface area contributed by atoms with Gasteiger partial charge < -0.3 is 15.1 Å². The maximum atomic E-state index is 9.97. The SMILES string of the molecule is CC(C)N(CCCO)CCC(O)C(C)(C)C. The predicted octanol–water partition coefficient (Wildman–Crippen LogP) is 1.88. The van der Waals surface area contributed by atoms with Crippen molar-refractivity contribution in [1.29, 1.82) is 0 Å². The van der Waals surface area contributed by atoms with E-state index in [2.05, 4.69) is 39.5 Å². The molecule has 0 aliphatic carbocycles. The number of hydrogen-bond donors (Lipinski definition) is 2. The smallest absolute Gasteiger partial charge is 0.0600 e. The standard InChI is InChI=1S/C13H29NO2/c1-11(2)14(8-6-10-15)9-7-12(16)13(3,4)5/h11-12,15-16H,6-10H2,1-5H3. The molecule has 0 aliphatic rings. The van der Waals surface area contributed by atoms with Crippen LogP contribution in [0.2, 0.25) is 0 Å². The molecule has 2 N–H and O–H groups in total. The minimum absolute atomic E-state index is 0.0420. The van der Waals surface area contributed by atoms with E-state index in [9.17, 15) is 5.11 Å². The molecule has 0 fully saturated rings. The van der Waals surface area contributed by atoms with Gasteiger partial charge in [0.1, 0.15) is 0 Å². The first-order chi connectivity index (χ1) is 7.29. The van der Waals surface area contributed by atoms with Crippen LogP contribution in [-0.4, -0.2) is 47.0 Å². The van der Waals surface area contributed by atoms with Gasteiger partial charge in [0, 0.05) is 25.7 Å². The molecule has 0 radical (unpaired) electrons. The molecule has 3 heteroatoms. The summed E-state index contributed by atoms with van der Waals surface area (Å²) in [7, 11) is 0. The zero-order valence-electron chi connectivity index (χ0n) is 11.5. The molecule has 0 bridgehead atoms. The Morgan fingerprint density at radius 1 is 1.12 bits per heavy atom. The molecule has 0 saturated carbocycles. The molecule has 16 heavy (non-hydrogen) atoms. The zero-order chi connectivity index (χ0) is 12.8. The van der Waals surface area contributed by atoms with Gasteiger partial charge in [-0.2, -0.15) is 0 Å². The molecule has 1 atom stereocenters. The molecule has 0 aromatic carbocycles. The van der Waals surface area contributed by atoms with Gasteiger partial charge in [0.15, 0.2) is 0 Å². The van der Waals surface area contributed by atoms with Gasteiger partial charge in [-0.1, -0.05) is 20.8 Å². The quantitative estimate of drug-likeness (QED) is 0.703. The molecule has 0 heterocycles. The molecular weight excluding hydrogens is 202 g/mol. The fourth-order valence-corrected chi connectivity index (χ4v) is 1.62. The summed E-state index contributed by atoms with van der Waals surface area (Å²) in [6, 6.07) is 0.471. The van der Waals surface area contributed by atoms with Crippen molar-refractivity contribution in [3.63, 3.8) is 0 Å². The van der Waals surface area contributed by atoms with E-state index in [0.717, 1.165) is 25.9 Å². The first-order valence-electron chi connectivity index (χ1n) is 6.32. The molecule has 98 valence electrons. The van der Waals surface area contributed by atoms with Gasteiger partial charge in [0.2, 0.25) is 0 Å². The van der Waals surface area contributed by atoms with Crippen molar-refractivity contribution in [2.45, 2.75) is 59.6 Å². The second kappa shape index (κ2) is 7.25. The summed E-state index contributed by atoms with van der Waals surface area (Å²) in [5.41, 5.74) is -0.0420. The Hall–Kier alpha value is -0.120. The van der Waals surface area contributed by atoms with E-state index >= 15 is 0 Å². The summed E-state index contributed by atoms with van der Waals surface area (Å²) in [5, 5.41) is 18.8. The molecule has 0 spiro atoms. The second-order valence-electron chi connectivity index (χ2n) is 5.88. The van der Waals surface area contributed by atoms with Gasteiger partial charge in [0.25, 0.3) is 0 Å². The summed E-state index contributed by atoms with van der Waals surface area (Å²) in [6.07, 6.45) is 1.35. The summed E-state index contributed by atoms with van der Waals surface area (Å²) < 4.78 is 0. The lowest BCUT2D eigenvalue weighted by molar-refractivity contribution is 0.0415. The minimum Gasteiger partial charge on any atom is -0.396 e. The normalized spacial score (nSPS) is 14.8. The van der Waals surface area contributed by atoms with E-state index in [4.69, 9.17) is 5.11 Å². The third kappa shape index (κ3) is 6.46. The van der Waals surface area contributed by atoms with Crippen molar-refractivity contribution in [1.82, 2.24) is 4.90 Å². The highest BCUT2D eigenvalue weighted by Gasteiger charge is 2.22. The molecular formula is C13H29NO2. The Morgan fingerprint density at radius 2 is 1.69 bits per heavy atom. The van der Waals surface area contributed by atoms with Gasteiger partial charge in [-0.3, -0.25) is 0 Å². The van der Waals surface area contributed by atoms with E-state index in [1.54, 1.807) is 0 Å². The lowest BCUT2D eigenvalue weighted by Crippen LogP contribution is -2.37. The van der Waals surface area contributed by atoms with E-state index in [1.165, 1.54) is 0 Å². The van der Waals surface area contributed by atoms with E-state index in [1.807, 2.05) is 0 Å². The summed E-state index contributed by atoms with van der Waals surface area (Å²) in [5.74, 6) is 0. The van der Waals surface area contributed by atoms with Gasteiger partial charge >= 0.3 is 0 Å².